The number of thioether (sulfide) groups is 1. The molecule has 1 aliphatic rings. The third-order valence-corrected chi connectivity index (χ3v) is 5.12. The molecule has 0 aliphatic heterocycles. The summed E-state index contributed by atoms with van der Waals surface area (Å²) in [7, 11) is 0. The maximum atomic E-state index is 13.5. The van der Waals surface area contributed by atoms with Crippen molar-refractivity contribution in [3.05, 3.63) is 35.1 Å². The van der Waals surface area contributed by atoms with E-state index in [1.54, 1.807) is 13.0 Å². The highest BCUT2D eigenvalue weighted by Gasteiger charge is 2.22. The second-order valence-electron chi connectivity index (χ2n) is 5.99. The smallest absolute Gasteiger partial charge is 0.230 e. The second kappa shape index (κ2) is 7.74. The average molecular weight is 349 g/mol. The highest BCUT2D eigenvalue weighted by molar-refractivity contribution is 7.99. The molecule has 8 heteroatoms. The molecule has 0 spiro atoms. The van der Waals surface area contributed by atoms with Crippen LogP contribution in [-0.4, -0.2) is 31.9 Å². The molecule has 0 unspecified atom stereocenters. The van der Waals surface area contributed by atoms with Crippen LogP contribution in [0.2, 0.25) is 0 Å². The minimum absolute atomic E-state index is 0.123. The number of benzene rings is 1. The van der Waals surface area contributed by atoms with Crippen LogP contribution in [0.25, 0.3) is 0 Å². The molecule has 24 heavy (non-hydrogen) atoms. The largest absolute Gasteiger partial charge is 0.351 e. The van der Waals surface area contributed by atoms with Crippen molar-refractivity contribution in [2.75, 3.05) is 5.75 Å². The van der Waals surface area contributed by atoms with Gasteiger partial charge in [-0.2, -0.15) is 0 Å². The number of aromatic nitrogens is 4. The van der Waals surface area contributed by atoms with Crippen LogP contribution in [0.5, 0.6) is 0 Å². The van der Waals surface area contributed by atoms with Crippen LogP contribution >= 0.6 is 11.8 Å². The summed E-state index contributed by atoms with van der Waals surface area (Å²) in [4.78, 5) is 12.0. The fourth-order valence-electron chi connectivity index (χ4n) is 2.79. The second-order valence-corrected chi connectivity index (χ2v) is 6.94. The Kier molecular flexibility index (Phi) is 5.44. The van der Waals surface area contributed by atoms with E-state index < -0.39 is 0 Å². The van der Waals surface area contributed by atoms with Gasteiger partial charge in [0, 0.05) is 6.54 Å². The van der Waals surface area contributed by atoms with E-state index in [0.717, 1.165) is 18.4 Å². The zero-order chi connectivity index (χ0) is 16.9. The van der Waals surface area contributed by atoms with E-state index in [0.29, 0.717) is 23.3 Å². The molecule has 6 nitrogen and oxygen atoms in total. The molecular formula is C16H20FN5OS. The number of rotatable bonds is 6. The summed E-state index contributed by atoms with van der Waals surface area (Å²) in [5, 5.41) is 15.3. The maximum absolute atomic E-state index is 13.5. The van der Waals surface area contributed by atoms with Gasteiger partial charge in [-0.25, -0.2) is 9.07 Å². The first-order valence-corrected chi connectivity index (χ1v) is 9.04. The van der Waals surface area contributed by atoms with Crippen molar-refractivity contribution in [2.24, 2.45) is 0 Å². The van der Waals surface area contributed by atoms with Gasteiger partial charge in [0.05, 0.1) is 11.8 Å². The van der Waals surface area contributed by atoms with E-state index in [1.807, 2.05) is 10.7 Å². The van der Waals surface area contributed by atoms with Gasteiger partial charge in [-0.3, -0.25) is 4.79 Å². The number of hydrogen-bond acceptors (Lipinski definition) is 5. The van der Waals surface area contributed by atoms with Gasteiger partial charge in [0.2, 0.25) is 11.1 Å². The fraction of sp³-hybridized carbons (Fsp3) is 0.500. The minimum atomic E-state index is -0.258. The molecule has 1 aromatic heterocycles. The summed E-state index contributed by atoms with van der Waals surface area (Å²) in [6.07, 6.45) is 4.57. The van der Waals surface area contributed by atoms with Gasteiger partial charge in [-0.1, -0.05) is 36.7 Å². The molecule has 1 aromatic carbocycles. The summed E-state index contributed by atoms with van der Waals surface area (Å²) in [5.74, 6) is -0.143. The molecule has 0 saturated heterocycles. The predicted octanol–water partition coefficient (Wildman–Crippen LogP) is 2.64. The Bertz CT molecular complexity index is 714. The number of nitrogens with zero attached hydrogens (tertiary/aromatic N) is 4. The lowest BCUT2D eigenvalue weighted by Crippen LogP contribution is -2.25. The monoisotopic (exact) mass is 349 g/mol. The average Bonchev–Trinajstić information content (AvgIpc) is 3.24. The fourth-order valence-corrected chi connectivity index (χ4v) is 3.56. The van der Waals surface area contributed by atoms with E-state index in [2.05, 4.69) is 20.8 Å². The highest BCUT2D eigenvalue weighted by Crippen LogP contribution is 2.31. The van der Waals surface area contributed by atoms with E-state index in [1.165, 1.54) is 30.7 Å². The molecule has 1 N–H and O–H groups in total. The van der Waals surface area contributed by atoms with Crippen LogP contribution < -0.4 is 5.32 Å². The predicted molar refractivity (Wildman–Crippen MR) is 89.0 cm³/mol. The third-order valence-electron chi connectivity index (χ3n) is 4.19. The lowest BCUT2D eigenvalue weighted by Gasteiger charge is -2.10. The standard InChI is InChI=1S/C16H20FN5OS/c1-11-6-7-12(8-14(11)17)9-18-15(23)10-24-16-19-20-21-22(16)13-4-2-3-5-13/h6-8,13H,2-5,9-10H2,1H3,(H,18,23). The number of carbonyl (C=O) groups is 1. The van der Waals surface area contributed by atoms with Crippen molar-refractivity contribution < 1.29 is 9.18 Å². The van der Waals surface area contributed by atoms with Crippen LogP contribution in [0, 0.1) is 12.7 Å². The molecule has 128 valence electrons. The molecule has 1 saturated carbocycles. The number of tetrazole rings is 1. The van der Waals surface area contributed by atoms with Crippen LogP contribution in [0.3, 0.4) is 0 Å². The number of hydrogen-bond donors (Lipinski definition) is 1. The number of aryl methyl sites for hydroxylation is 1. The van der Waals surface area contributed by atoms with E-state index in [4.69, 9.17) is 0 Å². The molecule has 0 bridgehead atoms. The molecule has 1 fully saturated rings. The summed E-state index contributed by atoms with van der Waals surface area (Å²) >= 11 is 1.33. The lowest BCUT2D eigenvalue weighted by molar-refractivity contribution is -0.118. The summed E-state index contributed by atoms with van der Waals surface area (Å²) in [5.41, 5.74) is 1.34. The van der Waals surface area contributed by atoms with Gasteiger partial charge < -0.3 is 5.32 Å². The number of halogens is 1. The first-order valence-electron chi connectivity index (χ1n) is 8.06. The Balaban J connectivity index is 1.49. The van der Waals surface area contributed by atoms with E-state index >= 15 is 0 Å². The quantitative estimate of drug-likeness (QED) is 0.812. The Morgan fingerprint density at radius 3 is 2.96 bits per heavy atom. The van der Waals surface area contributed by atoms with Gasteiger partial charge in [-0.05, 0) is 47.4 Å². The lowest BCUT2D eigenvalue weighted by atomic mass is 10.1. The highest BCUT2D eigenvalue weighted by atomic mass is 32.2. The zero-order valence-electron chi connectivity index (χ0n) is 13.5. The van der Waals surface area contributed by atoms with E-state index in [-0.39, 0.29) is 17.5 Å². The molecule has 1 heterocycles. The molecule has 0 radical (unpaired) electrons. The Hall–Kier alpha value is -1.96. The summed E-state index contributed by atoms with van der Waals surface area (Å²) < 4.78 is 15.3. The first-order chi connectivity index (χ1) is 11.6. The maximum Gasteiger partial charge on any atom is 0.230 e. The Morgan fingerprint density at radius 2 is 2.21 bits per heavy atom. The van der Waals surface area contributed by atoms with Crippen LogP contribution in [0.15, 0.2) is 23.4 Å². The van der Waals surface area contributed by atoms with Crippen molar-refractivity contribution in [1.29, 1.82) is 0 Å². The van der Waals surface area contributed by atoms with Gasteiger partial charge in [0.1, 0.15) is 5.82 Å². The topological polar surface area (TPSA) is 72.7 Å². The Morgan fingerprint density at radius 1 is 1.42 bits per heavy atom. The van der Waals surface area contributed by atoms with Crippen molar-refractivity contribution in [3.8, 4) is 0 Å². The SMILES string of the molecule is Cc1ccc(CNC(=O)CSc2nnnn2C2CCCC2)cc1F. The van der Waals surface area contributed by atoms with Gasteiger partial charge in [0.25, 0.3) is 0 Å². The molecule has 3 rings (SSSR count). The van der Waals surface area contributed by atoms with Gasteiger partial charge in [0.15, 0.2) is 0 Å². The number of nitrogens with one attached hydrogen (secondary N) is 1. The molecule has 0 atom stereocenters. The van der Waals surface area contributed by atoms with Gasteiger partial charge >= 0.3 is 0 Å². The molecule has 2 aromatic rings. The normalized spacial score (nSPS) is 14.9. The molecule has 1 amide bonds. The number of amides is 1. The van der Waals surface area contributed by atoms with Crippen molar-refractivity contribution in [2.45, 2.75) is 50.4 Å². The summed E-state index contributed by atoms with van der Waals surface area (Å²) in [6.45, 7) is 2.02. The molecule has 1 aliphatic carbocycles. The van der Waals surface area contributed by atoms with Crippen molar-refractivity contribution >= 4 is 17.7 Å². The van der Waals surface area contributed by atoms with Crippen molar-refractivity contribution in [1.82, 2.24) is 25.5 Å². The van der Waals surface area contributed by atoms with Crippen LogP contribution in [0.1, 0.15) is 42.9 Å². The van der Waals surface area contributed by atoms with Crippen LogP contribution in [-0.2, 0) is 11.3 Å². The van der Waals surface area contributed by atoms with E-state index in [9.17, 15) is 9.18 Å². The molecular weight excluding hydrogens is 329 g/mol. The zero-order valence-corrected chi connectivity index (χ0v) is 14.4. The Labute approximate surface area is 144 Å². The van der Waals surface area contributed by atoms with Crippen LogP contribution in [0.4, 0.5) is 4.39 Å². The van der Waals surface area contributed by atoms with Crippen molar-refractivity contribution in [3.63, 3.8) is 0 Å². The number of carbonyl (C=O) groups excluding carboxylic acids is 1. The third kappa shape index (κ3) is 4.11. The summed E-state index contributed by atoms with van der Waals surface area (Å²) in [6, 6.07) is 5.32. The minimum Gasteiger partial charge on any atom is -0.351 e. The van der Waals surface area contributed by atoms with Gasteiger partial charge in [-0.15, -0.1) is 5.10 Å². The first kappa shape index (κ1) is 16.9.